The maximum Gasteiger partial charge on any atom is 0.410 e. The smallest absolute Gasteiger partial charge is 0.410 e. The zero-order valence-electron chi connectivity index (χ0n) is 25.6. The van der Waals surface area contributed by atoms with Gasteiger partial charge in [0.2, 0.25) is 5.91 Å². The van der Waals surface area contributed by atoms with Crippen molar-refractivity contribution in [1.29, 1.82) is 0 Å². The van der Waals surface area contributed by atoms with Crippen molar-refractivity contribution < 1.29 is 14.3 Å². The second kappa shape index (κ2) is 12.1. The van der Waals surface area contributed by atoms with Gasteiger partial charge in [-0.2, -0.15) is 0 Å². The molecule has 4 bridgehead atoms. The van der Waals surface area contributed by atoms with Gasteiger partial charge in [-0.1, -0.05) is 44.2 Å². The van der Waals surface area contributed by atoms with E-state index in [4.69, 9.17) is 4.74 Å². The van der Waals surface area contributed by atoms with Gasteiger partial charge in [-0.05, 0) is 103 Å². The van der Waals surface area contributed by atoms with Gasteiger partial charge in [0, 0.05) is 30.7 Å². The fraction of sp³-hybridized carbons (Fsp3) is 0.765. The number of amides is 2. The third-order valence-corrected chi connectivity index (χ3v) is 10.5. The molecule has 2 amide bonds. The number of nitrogens with zero attached hydrogens (tertiary/aromatic N) is 2. The quantitative estimate of drug-likeness (QED) is 0.396. The van der Waals surface area contributed by atoms with Crippen molar-refractivity contribution in [3.63, 3.8) is 0 Å². The molecule has 0 radical (unpaired) electrons. The monoisotopic (exact) mass is 564 g/mol. The minimum Gasteiger partial charge on any atom is -0.444 e. The number of fused-ring (bicyclic) bond motifs is 4. The van der Waals surface area contributed by atoms with E-state index < -0.39 is 17.7 Å². The van der Waals surface area contributed by atoms with Crippen molar-refractivity contribution in [2.45, 2.75) is 146 Å². The van der Waals surface area contributed by atoms with Gasteiger partial charge in [0.1, 0.15) is 11.6 Å². The van der Waals surface area contributed by atoms with Gasteiger partial charge in [-0.3, -0.25) is 14.6 Å². The Morgan fingerprint density at radius 3 is 2.10 bits per heavy atom. The molecule has 2 N–H and O–H groups in total. The van der Waals surface area contributed by atoms with Gasteiger partial charge in [-0.15, -0.1) is 0 Å². The van der Waals surface area contributed by atoms with Crippen LogP contribution < -0.4 is 10.6 Å². The van der Waals surface area contributed by atoms with Gasteiger partial charge in [0.05, 0.1) is 11.4 Å². The Kier molecular flexibility index (Phi) is 8.54. The van der Waals surface area contributed by atoms with Crippen LogP contribution in [0.4, 0.5) is 16.2 Å². The van der Waals surface area contributed by atoms with Crippen LogP contribution in [0.5, 0.6) is 0 Å². The molecular formula is C34H52N4O3. The SMILES string of the molecule is CC(C)(C)OC(=O)N1CCCC1C(=O)Nc1ccccc1N[C@@H]1C[C@H]2CCC[C@@H](C1)N2[C@@H]1C[C@@H]2CCCC[C@@H](C2)C1. The molecule has 5 fully saturated rings. The topological polar surface area (TPSA) is 73.9 Å². The number of nitrogens with one attached hydrogen (secondary N) is 2. The molecule has 0 spiro atoms. The van der Waals surface area contributed by atoms with Crippen LogP contribution >= 0.6 is 0 Å². The third-order valence-electron chi connectivity index (χ3n) is 10.5. The Balaban J connectivity index is 1.10. The summed E-state index contributed by atoms with van der Waals surface area (Å²) in [4.78, 5) is 30.8. The first-order valence-corrected chi connectivity index (χ1v) is 16.7. The molecule has 7 atom stereocenters. The van der Waals surface area contributed by atoms with Crippen LogP contribution in [0.15, 0.2) is 24.3 Å². The van der Waals surface area contributed by atoms with Gasteiger partial charge >= 0.3 is 6.09 Å². The molecule has 226 valence electrons. The van der Waals surface area contributed by atoms with E-state index in [2.05, 4.69) is 21.6 Å². The van der Waals surface area contributed by atoms with Crippen LogP contribution in [-0.2, 0) is 9.53 Å². The molecule has 1 aromatic carbocycles. The number of rotatable bonds is 5. The molecule has 3 saturated heterocycles. The molecule has 1 unspecified atom stereocenters. The summed E-state index contributed by atoms with van der Waals surface area (Å²) in [5.74, 6) is 1.78. The van der Waals surface area contributed by atoms with E-state index >= 15 is 0 Å². The van der Waals surface area contributed by atoms with E-state index in [0.29, 0.717) is 31.1 Å². The highest BCUT2D eigenvalue weighted by Crippen LogP contribution is 2.45. The molecule has 41 heavy (non-hydrogen) atoms. The van der Waals surface area contributed by atoms with Crippen molar-refractivity contribution in [2.75, 3.05) is 17.2 Å². The lowest BCUT2D eigenvalue weighted by atomic mass is 9.73. The molecule has 2 saturated carbocycles. The number of para-hydroxylation sites is 2. The molecular weight excluding hydrogens is 512 g/mol. The second-order valence-corrected chi connectivity index (χ2v) is 14.7. The van der Waals surface area contributed by atoms with E-state index in [0.717, 1.165) is 35.7 Å². The Labute approximate surface area is 247 Å². The molecule has 1 aromatic rings. The zero-order chi connectivity index (χ0) is 28.6. The Morgan fingerprint density at radius 1 is 0.780 bits per heavy atom. The normalized spacial score (nSPS) is 34.0. The first kappa shape index (κ1) is 28.8. The van der Waals surface area contributed by atoms with Crippen LogP contribution in [0.25, 0.3) is 0 Å². The van der Waals surface area contributed by atoms with Crippen LogP contribution in [0.3, 0.4) is 0 Å². The first-order chi connectivity index (χ1) is 19.7. The maximum atomic E-state index is 13.4. The largest absolute Gasteiger partial charge is 0.444 e. The van der Waals surface area contributed by atoms with Gasteiger partial charge in [-0.25, -0.2) is 4.79 Å². The van der Waals surface area contributed by atoms with Crippen LogP contribution in [0, 0.1) is 11.8 Å². The Morgan fingerprint density at radius 2 is 1.44 bits per heavy atom. The summed E-state index contributed by atoms with van der Waals surface area (Å²) in [6, 6.07) is 10.1. The predicted octanol–water partition coefficient (Wildman–Crippen LogP) is 7.18. The Bertz CT molecular complexity index is 1060. The maximum absolute atomic E-state index is 13.4. The summed E-state index contributed by atoms with van der Waals surface area (Å²) in [6.45, 7) is 6.13. The number of ether oxygens (including phenoxy) is 1. The number of hydrogen-bond acceptors (Lipinski definition) is 5. The van der Waals surface area contributed by atoms with Gasteiger partial charge in [0.25, 0.3) is 0 Å². The number of likely N-dealkylation sites (tertiary alicyclic amines) is 1. The predicted molar refractivity (Wildman–Crippen MR) is 164 cm³/mol. The van der Waals surface area contributed by atoms with Crippen molar-refractivity contribution >= 4 is 23.4 Å². The highest BCUT2D eigenvalue weighted by molar-refractivity contribution is 5.99. The number of carbonyl (C=O) groups excluding carboxylic acids is 2. The number of carbonyl (C=O) groups is 2. The summed E-state index contributed by atoms with van der Waals surface area (Å²) < 4.78 is 5.58. The van der Waals surface area contributed by atoms with E-state index in [1.807, 2.05) is 39.0 Å². The third kappa shape index (κ3) is 6.71. The summed E-state index contributed by atoms with van der Waals surface area (Å²) in [7, 11) is 0. The molecule has 3 aliphatic heterocycles. The molecule has 7 heteroatoms. The van der Waals surface area contributed by atoms with Crippen LogP contribution in [-0.4, -0.2) is 64.2 Å². The van der Waals surface area contributed by atoms with E-state index in [9.17, 15) is 9.59 Å². The molecule has 2 aliphatic carbocycles. The number of benzene rings is 1. The summed E-state index contributed by atoms with van der Waals surface area (Å²) in [5.41, 5.74) is 1.21. The van der Waals surface area contributed by atoms with Gasteiger partial charge in [0.15, 0.2) is 0 Å². The number of anilines is 2. The number of hydrogen-bond donors (Lipinski definition) is 2. The summed E-state index contributed by atoms with van der Waals surface area (Å²) >= 11 is 0. The minimum atomic E-state index is -0.583. The first-order valence-electron chi connectivity index (χ1n) is 16.7. The molecule has 7 nitrogen and oxygen atoms in total. The van der Waals surface area contributed by atoms with E-state index in [-0.39, 0.29) is 5.91 Å². The zero-order valence-corrected chi connectivity index (χ0v) is 25.6. The Hall–Kier alpha value is -2.28. The van der Waals surface area contributed by atoms with Crippen molar-refractivity contribution in [3.05, 3.63) is 24.3 Å². The second-order valence-electron chi connectivity index (χ2n) is 14.7. The standard InChI is InChI=1S/C34H52N4O3/c1-34(2,3)41-33(40)37-17-9-16-31(37)32(39)36-30-15-7-6-14-29(30)35-25-21-26-12-8-13-27(22-25)38(26)28-19-23-10-4-5-11-24(18-23)20-28/h6-7,14-15,23-28,31,35H,4-5,8-13,16-22H2,1-3H3,(H,36,39)/t23-,24+,25-,26-,27+,28-,31?. The average Bonchev–Trinajstić information content (AvgIpc) is 3.35. The lowest BCUT2D eigenvalue weighted by Gasteiger charge is -2.54. The van der Waals surface area contributed by atoms with Crippen LogP contribution in [0.2, 0.25) is 0 Å². The summed E-state index contributed by atoms with van der Waals surface area (Å²) in [6.07, 6.45) is 17.6. The van der Waals surface area contributed by atoms with E-state index in [1.54, 1.807) is 4.90 Å². The average molecular weight is 565 g/mol. The van der Waals surface area contributed by atoms with E-state index in [1.165, 1.54) is 77.0 Å². The summed E-state index contributed by atoms with van der Waals surface area (Å²) in [5, 5.41) is 7.03. The molecule has 5 aliphatic rings. The van der Waals surface area contributed by atoms with Crippen LogP contribution in [0.1, 0.15) is 111 Å². The van der Waals surface area contributed by atoms with Crippen molar-refractivity contribution in [3.8, 4) is 0 Å². The molecule has 3 heterocycles. The van der Waals surface area contributed by atoms with Gasteiger partial charge < -0.3 is 15.4 Å². The molecule has 0 aromatic heterocycles. The molecule has 6 rings (SSSR count). The lowest BCUT2D eigenvalue weighted by Crippen LogP contribution is -2.59. The van der Waals surface area contributed by atoms with Crippen molar-refractivity contribution in [2.24, 2.45) is 11.8 Å². The lowest BCUT2D eigenvalue weighted by molar-refractivity contribution is -0.120. The minimum absolute atomic E-state index is 0.131. The number of piperidine rings is 2. The fourth-order valence-electron chi connectivity index (χ4n) is 8.97. The fourth-order valence-corrected chi connectivity index (χ4v) is 8.97. The highest BCUT2D eigenvalue weighted by Gasteiger charge is 2.44. The van der Waals surface area contributed by atoms with Crippen molar-refractivity contribution in [1.82, 2.24) is 9.80 Å². The highest BCUT2D eigenvalue weighted by atomic mass is 16.6.